The minimum Gasteiger partial charge on any atom is -0.480 e. The van der Waals surface area contributed by atoms with Crippen molar-refractivity contribution < 1.29 is 28.2 Å². The molecule has 3 heterocycles. The highest BCUT2D eigenvalue weighted by atomic mass is 19.3. The van der Waals surface area contributed by atoms with E-state index in [2.05, 4.69) is 32.7 Å². The van der Waals surface area contributed by atoms with Crippen molar-refractivity contribution in [1.29, 1.82) is 0 Å². The first-order chi connectivity index (χ1) is 18.4. The van der Waals surface area contributed by atoms with Gasteiger partial charge >= 0.3 is 5.97 Å². The van der Waals surface area contributed by atoms with Gasteiger partial charge in [-0.25, -0.2) is 18.6 Å². The number of halogens is 2. The maximum Gasteiger partial charge on any atom is 0.326 e. The van der Waals surface area contributed by atoms with Crippen molar-refractivity contribution in [1.82, 2.24) is 20.2 Å². The second-order valence-corrected chi connectivity index (χ2v) is 9.23. The molecular formula is C27H37F2N5O4. The molecular weight excluding hydrogens is 496 g/mol. The van der Waals surface area contributed by atoms with Gasteiger partial charge in [-0.1, -0.05) is 6.07 Å². The molecule has 0 saturated heterocycles. The molecule has 11 heteroatoms. The largest absolute Gasteiger partial charge is 0.480 e. The Kier molecular flexibility index (Phi) is 11.8. The molecule has 3 N–H and O–H groups in total. The third kappa shape index (κ3) is 8.98. The van der Waals surface area contributed by atoms with E-state index in [0.717, 1.165) is 62.8 Å². The number of ether oxygens (including phenoxy) is 1. The molecule has 2 aromatic rings. The first-order valence-electron chi connectivity index (χ1n) is 13.2. The Bertz CT molecular complexity index is 1060. The molecule has 1 aliphatic rings. The third-order valence-corrected chi connectivity index (χ3v) is 6.49. The van der Waals surface area contributed by atoms with Crippen molar-refractivity contribution in [3.63, 3.8) is 0 Å². The third-order valence-electron chi connectivity index (χ3n) is 6.49. The highest BCUT2D eigenvalue weighted by molar-refractivity contribution is 5.96. The van der Waals surface area contributed by atoms with Gasteiger partial charge in [-0.2, -0.15) is 0 Å². The van der Waals surface area contributed by atoms with Crippen LogP contribution in [0.3, 0.4) is 0 Å². The van der Waals surface area contributed by atoms with Crippen LogP contribution in [0.2, 0.25) is 0 Å². The Labute approximate surface area is 222 Å². The molecule has 0 bridgehead atoms. The van der Waals surface area contributed by atoms with Crippen LogP contribution in [0.5, 0.6) is 0 Å². The highest BCUT2D eigenvalue weighted by Gasteiger charge is 2.25. The Hall–Kier alpha value is -3.18. The molecule has 208 valence electrons. The lowest BCUT2D eigenvalue weighted by Crippen LogP contribution is -2.44. The molecule has 0 aliphatic carbocycles. The van der Waals surface area contributed by atoms with Crippen LogP contribution >= 0.6 is 0 Å². The fourth-order valence-electron chi connectivity index (χ4n) is 4.40. The number of nitrogens with zero attached hydrogens (tertiary/aromatic N) is 3. The number of pyridine rings is 2. The number of amides is 1. The quantitative estimate of drug-likeness (QED) is 0.280. The summed E-state index contributed by atoms with van der Waals surface area (Å²) in [6.07, 6.45) is 3.27. The number of carboxylic acids is 1. The van der Waals surface area contributed by atoms with Crippen LogP contribution in [0.1, 0.15) is 66.3 Å². The normalized spacial score (nSPS) is 13.7. The zero-order valence-corrected chi connectivity index (χ0v) is 21.8. The molecule has 9 nitrogen and oxygen atoms in total. The summed E-state index contributed by atoms with van der Waals surface area (Å²) in [4.78, 5) is 35.0. The molecule has 0 unspecified atom stereocenters. The average Bonchev–Trinajstić information content (AvgIpc) is 2.92. The molecule has 0 aromatic carbocycles. The van der Waals surface area contributed by atoms with E-state index in [1.807, 2.05) is 6.92 Å². The second kappa shape index (κ2) is 15.3. The summed E-state index contributed by atoms with van der Waals surface area (Å²) in [5.74, 6) is -1.17. The van der Waals surface area contributed by atoms with E-state index in [4.69, 9.17) is 9.72 Å². The van der Waals surface area contributed by atoms with Crippen LogP contribution in [0, 0.1) is 0 Å². The number of fused-ring (bicyclic) bond motifs is 1. The molecule has 0 saturated carbocycles. The van der Waals surface area contributed by atoms with Crippen molar-refractivity contribution in [3.05, 3.63) is 53.0 Å². The number of hydrogen-bond donors (Lipinski definition) is 3. The number of aryl methyl sites for hydroxylation is 2. The summed E-state index contributed by atoms with van der Waals surface area (Å²) in [5, 5.41) is 15.4. The van der Waals surface area contributed by atoms with E-state index < -0.39 is 35.6 Å². The first-order valence-corrected chi connectivity index (χ1v) is 13.2. The lowest BCUT2D eigenvalue weighted by atomic mass is 10.1. The van der Waals surface area contributed by atoms with Gasteiger partial charge in [0.2, 0.25) is 0 Å². The lowest BCUT2D eigenvalue weighted by Gasteiger charge is -2.24. The van der Waals surface area contributed by atoms with Gasteiger partial charge in [-0.3, -0.25) is 9.78 Å². The monoisotopic (exact) mass is 533 g/mol. The van der Waals surface area contributed by atoms with Crippen molar-refractivity contribution >= 4 is 17.7 Å². The first kappa shape index (κ1) is 29.4. The van der Waals surface area contributed by atoms with Gasteiger partial charge < -0.3 is 25.4 Å². The van der Waals surface area contributed by atoms with Crippen LogP contribution in [-0.2, 0) is 22.4 Å². The van der Waals surface area contributed by atoms with Gasteiger partial charge in [0.05, 0.1) is 6.61 Å². The van der Waals surface area contributed by atoms with E-state index in [1.165, 1.54) is 17.8 Å². The summed E-state index contributed by atoms with van der Waals surface area (Å²) < 4.78 is 32.0. The summed E-state index contributed by atoms with van der Waals surface area (Å²) in [6.45, 7) is 5.68. The Morgan fingerprint density at radius 2 is 2.05 bits per heavy atom. The van der Waals surface area contributed by atoms with Gasteiger partial charge in [0.15, 0.2) is 0 Å². The van der Waals surface area contributed by atoms with E-state index in [9.17, 15) is 23.5 Å². The molecule has 1 amide bonds. The molecule has 38 heavy (non-hydrogen) atoms. The predicted molar refractivity (Wildman–Crippen MR) is 140 cm³/mol. The van der Waals surface area contributed by atoms with Crippen molar-refractivity contribution in [2.75, 3.05) is 44.7 Å². The maximum atomic E-state index is 13.3. The number of carboxylic acid groups (broad SMARTS) is 1. The molecule has 0 fully saturated rings. The van der Waals surface area contributed by atoms with Gasteiger partial charge in [-0.15, -0.1) is 0 Å². The Balaban J connectivity index is 1.52. The molecule has 3 rings (SSSR count). The molecule has 0 spiro atoms. The van der Waals surface area contributed by atoms with Crippen LogP contribution < -0.4 is 10.6 Å². The SMILES string of the molecule is CCOCCN(CCCCc1ccc2c(n1)NCCC2)CC[C@H](NC(=O)c1ncccc1C(F)F)C(=O)O. The minimum atomic E-state index is -2.89. The molecule has 1 atom stereocenters. The Morgan fingerprint density at radius 1 is 1.21 bits per heavy atom. The predicted octanol–water partition coefficient (Wildman–Crippen LogP) is 3.71. The number of rotatable bonds is 16. The van der Waals surface area contributed by atoms with Crippen LogP contribution in [-0.4, -0.2) is 77.3 Å². The van der Waals surface area contributed by atoms with Crippen molar-refractivity contribution in [2.45, 2.75) is 57.9 Å². The van der Waals surface area contributed by atoms with Crippen molar-refractivity contribution in [2.24, 2.45) is 0 Å². The zero-order chi connectivity index (χ0) is 27.3. The average molecular weight is 534 g/mol. The second-order valence-electron chi connectivity index (χ2n) is 9.23. The van der Waals surface area contributed by atoms with Crippen molar-refractivity contribution in [3.8, 4) is 0 Å². The fraction of sp³-hybridized carbons (Fsp3) is 0.556. The highest BCUT2D eigenvalue weighted by Crippen LogP contribution is 2.22. The standard InChI is InChI=1S/C27H37F2N5O4/c1-2-38-18-17-34(15-4-3-8-20-11-10-19-7-5-14-31-25(19)32-20)16-12-22(27(36)37)33-26(35)23-21(24(28)29)9-6-13-30-23/h6,9-11,13,22,24H,2-5,7-8,12,14-18H2,1H3,(H,31,32)(H,33,35)(H,36,37)/t22-/m0/s1. The lowest BCUT2D eigenvalue weighted by molar-refractivity contribution is -0.139. The van der Waals surface area contributed by atoms with E-state index in [1.54, 1.807) is 0 Å². The molecule has 1 aliphatic heterocycles. The maximum absolute atomic E-state index is 13.3. The number of unbranched alkanes of at least 4 members (excludes halogenated alkanes) is 1. The summed E-state index contributed by atoms with van der Waals surface area (Å²) in [7, 11) is 0. The number of hydrogen-bond acceptors (Lipinski definition) is 7. The van der Waals surface area contributed by atoms with Gasteiger partial charge in [-0.05, 0) is 75.8 Å². The van der Waals surface area contributed by atoms with Crippen LogP contribution in [0.25, 0.3) is 0 Å². The van der Waals surface area contributed by atoms with Crippen LogP contribution in [0.4, 0.5) is 14.6 Å². The van der Waals surface area contributed by atoms with Gasteiger partial charge in [0.25, 0.3) is 12.3 Å². The Morgan fingerprint density at radius 3 is 2.82 bits per heavy atom. The fourth-order valence-corrected chi connectivity index (χ4v) is 4.40. The number of aromatic nitrogens is 2. The number of anilines is 1. The molecule has 0 radical (unpaired) electrons. The number of alkyl halides is 2. The summed E-state index contributed by atoms with van der Waals surface area (Å²) >= 11 is 0. The number of aliphatic carboxylic acids is 1. The molecule has 2 aromatic heterocycles. The van der Waals surface area contributed by atoms with Crippen LogP contribution in [0.15, 0.2) is 30.5 Å². The van der Waals surface area contributed by atoms with E-state index >= 15 is 0 Å². The zero-order valence-electron chi connectivity index (χ0n) is 21.8. The number of nitrogens with one attached hydrogen (secondary N) is 2. The summed E-state index contributed by atoms with van der Waals surface area (Å²) in [6, 6.07) is 5.40. The number of carbonyl (C=O) groups is 2. The van der Waals surface area contributed by atoms with E-state index in [-0.39, 0.29) is 6.42 Å². The van der Waals surface area contributed by atoms with E-state index in [0.29, 0.717) is 26.3 Å². The van der Waals surface area contributed by atoms with Gasteiger partial charge in [0, 0.05) is 43.7 Å². The minimum absolute atomic E-state index is 0.113. The topological polar surface area (TPSA) is 117 Å². The van der Waals surface area contributed by atoms with Gasteiger partial charge in [0.1, 0.15) is 17.6 Å². The number of carbonyl (C=O) groups excluding carboxylic acids is 1. The smallest absolute Gasteiger partial charge is 0.326 e. The summed E-state index contributed by atoms with van der Waals surface area (Å²) in [5.41, 5.74) is 1.31.